The van der Waals surface area contributed by atoms with E-state index in [4.69, 9.17) is 5.11 Å². The van der Waals surface area contributed by atoms with Crippen LogP contribution in [0.5, 0.6) is 0 Å². The third-order valence-electron chi connectivity index (χ3n) is 2.57. The summed E-state index contributed by atoms with van der Waals surface area (Å²) in [5, 5.41) is 11.8. The summed E-state index contributed by atoms with van der Waals surface area (Å²) in [4.78, 5) is 18.9. The van der Waals surface area contributed by atoms with Crippen LogP contribution in [-0.4, -0.2) is 21.0 Å². The van der Waals surface area contributed by atoms with Gasteiger partial charge in [-0.25, -0.2) is 19.2 Å². The first kappa shape index (κ1) is 12.9. The van der Waals surface area contributed by atoms with Crippen molar-refractivity contribution in [2.45, 2.75) is 13.8 Å². The van der Waals surface area contributed by atoms with E-state index in [9.17, 15) is 9.18 Å². The Morgan fingerprint density at radius 2 is 2.11 bits per heavy atom. The molecule has 1 heterocycles. The number of rotatable bonds is 3. The largest absolute Gasteiger partial charge is 0.477 e. The standard InChI is InChI=1S/C13H12FN3O2/c1-7-3-4-9(5-11(7)14)17-12-10(13(18)19)6-15-8(2)16-12/h3-6H,1-2H3,(H,18,19)(H,15,16,17). The van der Waals surface area contributed by atoms with Gasteiger partial charge in [0.1, 0.15) is 23.0 Å². The Morgan fingerprint density at radius 3 is 2.74 bits per heavy atom. The lowest BCUT2D eigenvalue weighted by molar-refractivity contribution is 0.0697. The van der Waals surface area contributed by atoms with Gasteiger partial charge in [0.15, 0.2) is 0 Å². The highest BCUT2D eigenvalue weighted by atomic mass is 19.1. The molecule has 1 aromatic heterocycles. The van der Waals surface area contributed by atoms with Gasteiger partial charge in [0.05, 0.1) is 0 Å². The monoisotopic (exact) mass is 261 g/mol. The third kappa shape index (κ3) is 2.85. The summed E-state index contributed by atoms with van der Waals surface area (Å²) >= 11 is 0. The Balaban J connectivity index is 2.39. The molecule has 0 spiro atoms. The smallest absolute Gasteiger partial charge is 0.341 e. The Morgan fingerprint density at radius 1 is 1.37 bits per heavy atom. The number of anilines is 2. The summed E-state index contributed by atoms with van der Waals surface area (Å²) in [6.07, 6.45) is 1.22. The molecule has 0 atom stereocenters. The number of benzene rings is 1. The normalized spacial score (nSPS) is 10.3. The van der Waals surface area contributed by atoms with E-state index in [0.29, 0.717) is 17.1 Å². The van der Waals surface area contributed by atoms with E-state index in [1.165, 1.54) is 12.3 Å². The van der Waals surface area contributed by atoms with E-state index in [0.717, 1.165) is 0 Å². The highest BCUT2D eigenvalue weighted by Gasteiger charge is 2.13. The number of aromatic nitrogens is 2. The molecular formula is C13H12FN3O2. The van der Waals surface area contributed by atoms with Crippen molar-refractivity contribution in [2.75, 3.05) is 5.32 Å². The molecule has 0 fully saturated rings. The maximum atomic E-state index is 13.4. The predicted octanol–water partition coefficient (Wildman–Crippen LogP) is 2.67. The number of aryl methyl sites for hydroxylation is 2. The lowest BCUT2D eigenvalue weighted by Gasteiger charge is -2.09. The minimum Gasteiger partial charge on any atom is -0.477 e. The molecule has 2 aromatic rings. The van der Waals surface area contributed by atoms with Crippen LogP contribution in [0.25, 0.3) is 0 Å². The fourth-order valence-corrected chi connectivity index (χ4v) is 1.53. The Bertz CT molecular complexity index is 644. The predicted molar refractivity (Wildman–Crippen MR) is 68.1 cm³/mol. The maximum Gasteiger partial charge on any atom is 0.341 e. The highest BCUT2D eigenvalue weighted by molar-refractivity contribution is 5.93. The Hall–Kier alpha value is -2.50. The van der Waals surface area contributed by atoms with Crippen LogP contribution in [-0.2, 0) is 0 Å². The molecule has 2 rings (SSSR count). The van der Waals surface area contributed by atoms with Crippen molar-refractivity contribution in [3.05, 3.63) is 47.2 Å². The van der Waals surface area contributed by atoms with Crippen LogP contribution in [0.15, 0.2) is 24.4 Å². The summed E-state index contributed by atoms with van der Waals surface area (Å²) in [5.74, 6) is -0.939. The zero-order valence-electron chi connectivity index (χ0n) is 10.4. The van der Waals surface area contributed by atoms with Crippen molar-refractivity contribution in [3.8, 4) is 0 Å². The van der Waals surface area contributed by atoms with Crippen LogP contribution >= 0.6 is 0 Å². The molecule has 0 aliphatic carbocycles. The van der Waals surface area contributed by atoms with Crippen molar-refractivity contribution in [2.24, 2.45) is 0 Å². The molecule has 0 aliphatic heterocycles. The van der Waals surface area contributed by atoms with E-state index in [1.807, 2.05) is 0 Å². The van der Waals surface area contributed by atoms with Crippen LogP contribution in [0, 0.1) is 19.7 Å². The van der Waals surface area contributed by atoms with Gasteiger partial charge in [0.25, 0.3) is 0 Å². The van der Waals surface area contributed by atoms with Crippen molar-refractivity contribution in [1.82, 2.24) is 9.97 Å². The van der Waals surface area contributed by atoms with Gasteiger partial charge < -0.3 is 10.4 Å². The molecule has 98 valence electrons. The number of nitrogens with zero attached hydrogens (tertiary/aromatic N) is 2. The van der Waals surface area contributed by atoms with Crippen LogP contribution in [0.3, 0.4) is 0 Å². The van der Waals surface area contributed by atoms with Crippen molar-refractivity contribution >= 4 is 17.5 Å². The summed E-state index contributed by atoms with van der Waals surface area (Å²) < 4.78 is 13.4. The zero-order chi connectivity index (χ0) is 14.0. The Kier molecular flexibility index (Phi) is 3.41. The van der Waals surface area contributed by atoms with Crippen LogP contribution in [0.1, 0.15) is 21.7 Å². The molecule has 0 radical (unpaired) electrons. The molecule has 1 aromatic carbocycles. The summed E-state index contributed by atoms with van der Waals surface area (Å²) in [6, 6.07) is 4.55. The number of hydrogen-bond acceptors (Lipinski definition) is 4. The number of halogens is 1. The van der Waals surface area contributed by atoms with Gasteiger partial charge in [-0.15, -0.1) is 0 Å². The molecule has 0 saturated carbocycles. The second-order valence-corrected chi connectivity index (χ2v) is 4.07. The SMILES string of the molecule is Cc1ncc(C(=O)O)c(Nc2ccc(C)c(F)c2)n1. The molecule has 19 heavy (non-hydrogen) atoms. The van der Waals surface area contributed by atoms with E-state index in [-0.39, 0.29) is 17.2 Å². The average Bonchev–Trinajstić information content (AvgIpc) is 2.33. The minimum absolute atomic E-state index is 0.0633. The van der Waals surface area contributed by atoms with E-state index >= 15 is 0 Å². The van der Waals surface area contributed by atoms with Crippen molar-refractivity contribution in [3.63, 3.8) is 0 Å². The van der Waals surface area contributed by atoms with Crippen LogP contribution in [0.4, 0.5) is 15.9 Å². The van der Waals surface area contributed by atoms with E-state index in [1.54, 1.807) is 26.0 Å². The summed E-state index contributed by atoms with van der Waals surface area (Å²) in [6.45, 7) is 3.29. The first-order chi connectivity index (χ1) is 8.97. The number of carboxylic acids is 1. The zero-order valence-corrected chi connectivity index (χ0v) is 10.4. The number of aromatic carboxylic acids is 1. The molecule has 0 saturated heterocycles. The molecule has 6 heteroatoms. The van der Waals surface area contributed by atoms with Crippen molar-refractivity contribution < 1.29 is 14.3 Å². The lowest BCUT2D eigenvalue weighted by atomic mass is 10.2. The first-order valence-electron chi connectivity index (χ1n) is 5.57. The molecule has 0 aliphatic rings. The second-order valence-electron chi connectivity index (χ2n) is 4.07. The number of nitrogens with one attached hydrogen (secondary N) is 1. The van der Waals surface area contributed by atoms with Crippen LogP contribution < -0.4 is 5.32 Å². The summed E-state index contributed by atoms with van der Waals surface area (Å²) in [5.41, 5.74) is 0.887. The number of carbonyl (C=O) groups is 1. The molecule has 0 amide bonds. The quantitative estimate of drug-likeness (QED) is 0.888. The number of hydrogen-bond donors (Lipinski definition) is 2. The molecule has 2 N–H and O–H groups in total. The van der Waals surface area contributed by atoms with Gasteiger partial charge in [0.2, 0.25) is 0 Å². The second kappa shape index (κ2) is 5.01. The maximum absolute atomic E-state index is 13.4. The van der Waals surface area contributed by atoms with Gasteiger partial charge >= 0.3 is 5.97 Å². The molecule has 0 unspecified atom stereocenters. The van der Waals surface area contributed by atoms with Gasteiger partial charge in [0, 0.05) is 11.9 Å². The average molecular weight is 261 g/mol. The first-order valence-corrected chi connectivity index (χ1v) is 5.57. The summed E-state index contributed by atoms with van der Waals surface area (Å²) in [7, 11) is 0. The molecule has 0 bridgehead atoms. The molecular weight excluding hydrogens is 249 g/mol. The number of carboxylic acid groups (broad SMARTS) is 1. The third-order valence-corrected chi connectivity index (χ3v) is 2.57. The van der Waals surface area contributed by atoms with Crippen molar-refractivity contribution in [1.29, 1.82) is 0 Å². The van der Waals surface area contributed by atoms with Gasteiger partial charge in [-0.05, 0) is 31.5 Å². The topological polar surface area (TPSA) is 75.1 Å². The fraction of sp³-hybridized carbons (Fsp3) is 0.154. The van der Waals surface area contributed by atoms with E-state index < -0.39 is 5.97 Å². The van der Waals surface area contributed by atoms with Gasteiger partial charge in [-0.1, -0.05) is 6.07 Å². The van der Waals surface area contributed by atoms with Gasteiger partial charge in [-0.2, -0.15) is 0 Å². The highest BCUT2D eigenvalue weighted by Crippen LogP contribution is 2.20. The lowest BCUT2D eigenvalue weighted by Crippen LogP contribution is -2.07. The Labute approximate surface area is 109 Å². The van der Waals surface area contributed by atoms with Gasteiger partial charge in [-0.3, -0.25) is 0 Å². The molecule has 5 nitrogen and oxygen atoms in total. The van der Waals surface area contributed by atoms with Crippen LogP contribution in [0.2, 0.25) is 0 Å². The minimum atomic E-state index is -1.14. The fourth-order valence-electron chi connectivity index (χ4n) is 1.53. The van der Waals surface area contributed by atoms with E-state index in [2.05, 4.69) is 15.3 Å².